The minimum Gasteiger partial charge on any atom is -0.321 e. The summed E-state index contributed by atoms with van der Waals surface area (Å²) in [6, 6.07) is 16.6. The number of rotatable bonds is 4. The number of aryl methyl sites for hydroxylation is 1. The van der Waals surface area contributed by atoms with Crippen molar-refractivity contribution in [2.24, 2.45) is 0 Å². The monoisotopic (exact) mass is 393 g/mol. The number of hydrogen-bond donors (Lipinski definition) is 1. The van der Waals surface area contributed by atoms with Gasteiger partial charge in [-0.3, -0.25) is 4.79 Å². The number of hydrogen-bond acceptors (Lipinski definition) is 2. The number of aromatic nitrogens is 1. The summed E-state index contributed by atoms with van der Waals surface area (Å²) in [6.45, 7) is 3.85. The molecule has 0 atom stereocenters. The highest BCUT2D eigenvalue weighted by molar-refractivity contribution is 6.30. The lowest BCUT2D eigenvalue weighted by Gasteiger charge is -2.10. The summed E-state index contributed by atoms with van der Waals surface area (Å²) < 4.78 is 15.0. The van der Waals surface area contributed by atoms with Crippen molar-refractivity contribution in [3.63, 3.8) is 0 Å². The van der Waals surface area contributed by atoms with Crippen molar-refractivity contribution in [3.05, 3.63) is 88.0 Å². The molecule has 0 aliphatic carbocycles. The quantitative estimate of drug-likeness (QED) is 0.474. The van der Waals surface area contributed by atoms with Crippen LogP contribution in [0, 0.1) is 31.0 Å². The Kier molecular flexibility index (Phi) is 5.62. The van der Waals surface area contributed by atoms with Crippen molar-refractivity contribution in [1.29, 1.82) is 5.26 Å². The number of carbonyl (C=O) groups is 1. The van der Waals surface area contributed by atoms with Gasteiger partial charge in [-0.1, -0.05) is 17.7 Å². The van der Waals surface area contributed by atoms with Crippen LogP contribution in [0.5, 0.6) is 0 Å². The van der Waals surface area contributed by atoms with Crippen molar-refractivity contribution >= 4 is 29.3 Å². The van der Waals surface area contributed by atoms with Crippen molar-refractivity contribution < 1.29 is 9.18 Å². The molecule has 28 heavy (non-hydrogen) atoms. The van der Waals surface area contributed by atoms with E-state index >= 15 is 0 Å². The van der Waals surface area contributed by atoms with E-state index < -0.39 is 11.7 Å². The lowest BCUT2D eigenvalue weighted by molar-refractivity contribution is -0.112. The van der Waals surface area contributed by atoms with Gasteiger partial charge in [-0.25, -0.2) is 4.39 Å². The summed E-state index contributed by atoms with van der Waals surface area (Å²) >= 11 is 6.10. The Morgan fingerprint density at radius 2 is 1.89 bits per heavy atom. The number of nitrogens with one attached hydrogen (secondary N) is 1. The van der Waals surface area contributed by atoms with Gasteiger partial charge in [0, 0.05) is 27.8 Å². The molecule has 3 rings (SSSR count). The smallest absolute Gasteiger partial charge is 0.266 e. The van der Waals surface area contributed by atoms with Crippen LogP contribution in [0.15, 0.2) is 60.2 Å². The molecule has 2 aromatic carbocycles. The fraction of sp³-hybridized carbons (Fsp3) is 0.0909. The number of halogens is 2. The van der Waals surface area contributed by atoms with Gasteiger partial charge in [-0.15, -0.1) is 0 Å². The molecule has 4 nitrogen and oxygen atoms in total. The van der Waals surface area contributed by atoms with E-state index in [2.05, 4.69) is 5.32 Å². The molecular formula is C22H17ClFN3O. The molecule has 1 aromatic heterocycles. The highest BCUT2D eigenvalue weighted by Crippen LogP contribution is 2.24. The second-order valence-electron chi connectivity index (χ2n) is 6.27. The van der Waals surface area contributed by atoms with Crippen LogP contribution >= 0.6 is 11.6 Å². The van der Waals surface area contributed by atoms with Gasteiger partial charge < -0.3 is 9.88 Å². The van der Waals surface area contributed by atoms with Crippen LogP contribution in [-0.4, -0.2) is 10.5 Å². The summed E-state index contributed by atoms with van der Waals surface area (Å²) in [6.07, 6.45) is 1.54. The van der Waals surface area contributed by atoms with Crippen LogP contribution in [0.4, 0.5) is 10.1 Å². The molecule has 6 heteroatoms. The molecule has 0 aliphatic heterocycles. The maximum absolute atomic E-state index is 13.0. The van der Waals surface area contributed by atoms with E-state index in [9.17, 15) is 14.4 Å². The van der Waals surface area contributed by atoms with Crippen LogP contribution in [0.3, 0.4) is 0 Å². The Hall–Kier alpha value is -3.36. The van der Waals surface area contributed by atoms with Crippen molar-refractivity contribution in [3.8, 4) is 11.8 Å². The van der Waals surface area contributed by atoms with E-state index in [1.54, 1.807) is 12.1 Å². The first kappa shape index (κ1) is 19.4. The molecule has 0 fully saturated rings. The second-order valence-corrected chi connectivity index (χ2v) is 6.71. The van der Waals surface area contributed by atoms with E-state index in [0.717, 1.165) is 22.6 Å². The van der Waals surface area contributed by atoms with Gasteiger partial charge in [0.25, 0.3) is 5.91 Å². The van der Waals surface area contributed by atoms with E-state index in [-0.39, 0.29) is 5.57 Å². The fourth-order valence-corrected chi connectivity index (χ4v) is 3.17. The van der Waals surface area contributed by atoms with Gasteiger partial charge in [0.15, 0.2) is 0 Å². The SMILES string of the molecule is Cc1cc(C=C(C#N)C(=O)Nc2ccc(F)cc2)c(C)n1-c1cccc(Cl)c1. The number of amides is 1. The first-order valence-electron chi connectivity index (χ1n) is 8.52. The Bertz CT molecular complexity index is 1110. The van der Waals surface area contributed by atoms with Gasteiger partial charge in [-0.05, 0) is 74.0 Å². The average Bonchev–Trinajstić information content (AvgIpc) is 2.94. The number of nitriles is 1. The second kappa shape index (κ2) is 8.12. The lowest BCUT2D eigenvalue weighted by Crippen LogP contribution is -2.13. The molecule has 0 bridgehead atoms. The third-order valence-electron chi connectivity index (χ3n) is 4.30. The van der Waals surface area contributed by atoms with Crippen molar-refractivity contribution in [1.82, 2.24) is 4.57 Å². The Morgan fingerprint density at radius 3 is 2.54 bits per heavy atom. The Balaban J connectivity index is 1.93. The van der Waals surface area contributed by atoms with E-state index in [0.29, 0.717) is 10.7 Å². The zero-order chi connectivity index (χ0) is 20.3. The van der Waals surface area contributed by atoms with Gasteiger partial charge in [-0.2, -0.15) is 5.26 Å². The summed E-state index contributed by atoms with van der Waals surface area (Å²) in [5.41, 5.74) is 3.84. The van der Waals surface area contributed by atoms with E-state index in [1.165, 1.54) is 24.3 Å². The van der Waals surface area contributed by atoms with Gasteiger partial charge in [0.05, 0.1) is 0 Å². The molecule has 0 saturated heterocycles. The third kappa shape index (κ3) is 4.13. The largest absolute Gasteiger partial charge is 0.321 e. The number of benzene rings is 2. The maximum Gasteiger partial charge on any atom is 0.266 e. The van der Waals surface area contributed by atoms with Gasteiger partial charge >= 0.3 is 0 Å². The highest BCUT2D eigenvalue weighted by Gasteiger charge is 2.14. The minimum absolute atomic E-state index is 0.0457. The van der Waals surface area contributed by atoms with Crippen LogP contribution < -0.4 is 5.32 Å². The molecular weight excluding hydrogens is 377 g/mol. The summed E-state index contributed by atoms with van der Waals surface area (Å²) in [7, 11) is 0. The first-order valence-corrected chi connectivity index (χ1v) is 8.90. The number of carbonyl (C=O) groups excluding carboxylic acids is 1. The fourth-order valence-electron chi connectivity index (χ4n) is 2.98. The van der Waals surface area contributed by atoms with Crippen molar-refractivity contribution in [2.75, 3.05) is 5.32 Å². The van der Waals surface area contributed by atoms with Gasteiger partial charge in [0.2, 0.25) is 0 Å². The molecule has 0 aliphatic rings. The van der Waals surface area contributed by atoms with Crippen molar-refractivity contribution in [2.45, 2.75) is 13.8 Å². The molecule has 0 radical (unpaired) electrons. The zero-order valence-electron chi connectivity index (χ0n) is 15.3. The maximum atomic E-state index is 13.0. The average molecular weight is 394 g/mol. The van der Waals surface area contributed by atoms with Crippen LogP contribution in [0.2, 0.25) is 5.02 Å². The lowest BCUT2D eigenvalue weighted by atomic mass is 10.1. The van der Waals surface area contributed by atoms with E-state index in [4.69, 9.17) is 11.6 Å². The molecule has 0 spiro atoms. The standard InChI is InChI=1S/C22H17ClFN3O/c1-14-10-16(15(2)27(14)21-5-3-4-18(23)12-21)11-17(13-25)22(28)26-20-8-6-19(24)7-9-20/h3-12H,1-2H3,(H,26,28). The summed E-state index contributed by atoms with van der Waals surface area (Å²) in [5, 5.41) is 12.7. The molecule has 0 saturated carbocycles. The Labute approximate surface area is 167 Å². The zero-order valence-corrected chi connectivity index (χ0v) is 16.1. The summed E-state index contributed by atoms with van der Waals surface area (Å²) in [4.78, 5) is 12.4. The highest BCUT2D eigenvalue weighted by atomic mass is 35.5. The predicted molar refractivity (Wildman–Crippen MR) is 109 cm³/mol. The van der Waals surface area contributed by atoms with E-state index in [1.807, 2.05) is 48.7 Å². The first-order chi connectivity index (χ1) is 13.4. The summed E-state index contributed by atoms with van der Waals surface area (Å²) in [5.74, 6) is -0.954. The normalized spacial score (nSPS) is 11.2. The molecule has 3 aromatic rings. The molecule has 0 unspecified atom stereocenters. The van der Waals surface area contributed by atoms with Crippen LogP contribution in [-0.2, 0) is 4.79 Å². The molecule has 140 valence electrons. The molecule has 1 amide bonds. The number of nitrogens with zero attached hydrogens (tertiary/aromatic N) is 2. The third-order valence-corrected chi connectivity index (χ3v) is 4.54. The topological polar surface area (TPSA) is 57.8 Å². The molecule has 1 heterocycles. The predicted octanol–water partition coefficient (Wildman–Crippen LogP) is 5.43. The Morgan fingerprint density at radius 1 is 1.18 bits per heavy atom. The number of anilines is 1. The minimum atomic E-state index is -0.554. The molecule has 1 N–H and O–H groups in total. The van der Waals surface area contributed by atoms with Gasteiger partial charge in [0.1, 0.15) is 17.5 Å². The van der Waals surface area contributed by atoms with Crippen LogP contribution in [0.25, 0.3) is 11.8 Å². The van der Waals surface area contributed by atoms with Crippen LogP contribution in [0.1, 0.15) is 17.0 Å².